The van der Waals surface area contributed by atoms with Gasteiger partial charge in [0.25, 0.3) is 0 Å². The first-order valence-corrected chi connectivity index (χ1v) is 7.45. The van der Waals surface area contributed by atoms with Crippen molar-refractivity contribution in [2.24, 2.45) is 5.92 Å². The summed E-state index contributed by atoms with van der Waals surface area (Å²) in [6, 6.07) is 0.142. The standard InChI is InChI=1S/C14H27F3N2O/c1-4-6-18-13-5-7-20-9-12(13)8-19(11(2)3)10-14(15,16)17/h11-13,18H,4-10H2,1-3H3. The quantitative estimate of drug-likeness (QED) is 0.782. The minimum absolute atomic E-state index is 0.120. The molecule has 1 aliphatic heterocycles. The molecule has 0 saturated carbocycles. The normalized spacial score (nSPS) is 24.6. The van der Waals surface area contributed by atoms with Gasteiger partial charge in [-0.2, -0.15) is 13.2 Å². The Labute approximate surface area is 119 Å². The third-order valence-corrected chi connectivity index (χ3v) is 3.71. The van der Waals surface area contributed by atoms with E-state index in [1.165, 1.54) is 4.90 Å². The van der Waals surface area contributed by atoms with Gasteiger partial charge in [-0.15, -0.1) is 0 Å². The van der Waals surface area contributed by atoms with E-state index in [1.807, 2.05) is 13.8 Å². The lowest BCUT2D eigenvalue weighted by atomic mass is 9.94. The van der Waals surface area contributed by atoms with Crippen LogP contribution in [0.4, 0.5) is 13.2 Å². The van der Waals surface area contributed by atoms with Crippen LogP contribution in [0.25, 0.3) is 0 Å². The van der Waals surface area contributed by atoms with Crippen molar-refractivity contribution in [3.8, 4) is 0 Å². The van der Waals surface area contributed by atoms with Gasteiger partial charge in [-0.3, -0.25) is 4.90 Å². The van der Waals surface area contributed by atoms with Crippen LogP contribution in [0.3, 0.4) is 0 Å². The van der Waals surface area contributed by atoms with Crippen molar-refractivity contribution in [1.82, 2.24) is 10.2 Å². The molecule has 0 spiro atoms. The Morgan fingerprint density at radius 1 is 1.35 bits per heavy atom. The van der Waals surface area contributed by atoms with E-state index in [4.69, 9.17) is 4.74 Å². The molecule has 0 amide bonds. The maximum Gasteiger partial charge on any atom is 0.401 e. The lowest BCUT2D eigenvalue weighted by Crippen LogP contribution is -2.50. The highest BCUT2D eigenvalue weighted by atomic mass is 19.4. The van der Waals surface area contributed by atoms with E-state index < -0.39 is 12.7 Å². The monoisotopic (exact) mass is 296 g/mol. The molecule has 1 fully saturated rings. The Balaban J connectivity index is 2.59. The van der Waals surface area contributed by atoms with Crippen molar-refractivity contribution in [2.45, 2.75) is 51.9 Å². The van der Waals surface area contributed by atoms with Crippen molar-refractivity contribution >= 4 is 0 Å². The molecule has 1 saturated heterocycles. The Kier molecular flexibility index (Phi) is 7.26. The molecule has 1 N–H and O–H groups in total. The molecule has 2 unspecified atom stereocenters. The third kappa shape index (κ3) is 6.41. The molecule has 0 aliphatic carbocycles. The van der Waals surface area contributed by atoms with E-state index >= 15 is 0 Å². The number of nitrogens with zero attached hydrogens (tertiary/aromatic N) is 1. The van der Waals surface area contributed by atoms with Crippen molar-refractivity contribution in [3.05, 3.63) is 0 Å². The fraction of sp³-hybridized carbons (Fsp3) is 1.00. The van der Waals surface area contributed by atoms with Crippen LogP contribution in [0.5, 0.6) is 0 Å². The molecule has 120 valence electrons. The van der Waals surface area contributed by atoms with E-state index in [2.05, 4.69) is 12.2 Å². The summed E-state index contributed by atoms with van der Waals surface area (Å²) in [6.07, 6.45) is -2.24. The summed E-state index contributed by atoms with van der Waals surface area (Å²) in [5, 5.41) is 3.44. The predicted octanol–water partition coefficient (Wildman–Crippen LogP) is 2.66. The van der Waals surface area contributed by atoms with E-state index in [-0.39, 0.29) is 18.0 Å². The van der Waals surface area contributed by atoms with E-state index in [0.29, 0.717) is 19.8 Å². The largest absolute Gasteiger partial charge is 0.401 e. The van der Waals surface area contributed by atoms with Crippen LogP contribution in [0, 0.1) is 5.92 Å². The van der Waals surface area contributed by atoms with Gasteiger partial charge in [0, 0.05) is 31.2 Å². The highest BCUT2D eigenvalue weighted by Crippen LogP contribution is 2.22. The number of ether oxygens (including phenoxy) is 1. The van der Waals surface area contributed by atoms with Gasteiger partial charge in [-0.1, -0.05) is 6.92 Å². The van der Waals surface area contributed by atoms with Gasteiger partial charge in [-0.05, 0) is 33.2 Å². The molecule has 1 aliphatic rings. The van der Waals surface area contributed by atoms with Crippen LogP contribution in [0.2, 0.25) is 0 Å². The molecule has 3 nitrogen and oxygen atoms in total. The summed E-state index contributed by atoms with van der Waals surface area (Å²) in [5.41, 5.74) is 0. The lowest BCUT2D eigenvalue weighted by Gasteiger charge is -2.37. The van der Waals surface area contributed by atoms with Crippen molar-refractivity contribution in [2.75, 3.05) is 32.8 Å². The minimum Gasteiger partial charge on any atom is -0.381 e. The van der Waals surface area contributed by atoms with E-state index in [0.717, 1.165) is 19.4 Å². The second-order valence-electron chi connectivity index (χ2n) is 5.82. The highest BCUT2D eigenvalue weighted by molar-refractivity contribution is 4.83. The van der Waals surface area contributed by atoms with Crippen molar-refractivity contribution in [1.29, 1.82) is 0 Å². The fourth-order valence-corrected chi connectivity index (χ4v) is 2.56. The number of rotatable bonds is 7. The maximum absolute atomic E-state index is 12.6. The minimum atomic E-state index is -4.15. The van der Waals surface area contributed by atoms with Crippen LogP contribution < -0.4 is 5.32 Å². The zero-order chi connectivity index (χ0) is 15.2. The van der Waals surface area contributed by atoms with Crippen LogP contribution in [-0.2, 0) is 4.74 Å². The Morgan fingerprint density at radius 2 is 2.05 bits per heavy atom. The third-order valence-electron chi connectivity index (χ3n) is 3.71. The second kappa shape index (κ2) is 8.20. The second-order valence-corrected chi connectivity index (χ2v) is 5.82. The van der Waals surface area contributed by atoms with Crippen molar-refractivity contribution < 1.29 is 17.9 Å². The first-order chi connectivity index (χ1) is 9.33. The van der Waals surface area contributed by atoms with E-state index in [9.17, 15) is 13.2 Å². The van der Waals surface area contributed by atoms with E-state index in [1.54, 1.807) is 0 Å². The molecule has 0 aromatic rings. The molecular weight excluding hydrogens is 269 g/mol. The molecule has 1 heterocycles. The van der Waals surface area contributed by atoms with Gasteiger partial charge in [-0.25, -0.2) is 0 Å². The Morgan fingerprint density at radius 3 is 2.60 bits per heavy atom. The zero-order valence-corrected chi connectivity index (χ0v) is 12.7. The van der Waals surface area contributed by atoms with Gasteiger partial charge in [0.2, 0.25) is 0 Å². The number of hydrogen-bond acceptors (Lipinski definition) is 3. The molecule has 20 heavy (non-hydrogen) atoms. The molecule has 1 rings (SSSR count). The predicted molar refractivity (Wildman–Crippen MR) is 73.8 cm³/mol. The van der Waals surface area contributed by atoms with Gasteiger partial charge >= 0.3 is 6.18 Å². The first-order valence-electron chi connectivity index (χ1n) is 7.45. The molecule has 6 heteroatoms. The number of hydrogen-bond donors (Lipinski definition) is 1. The van der Waals surface area contributed by atoms with Crippen LogP contribution in [0.15, 0.2) is 0 Å². The van der Waals surface area contributed by atoms with Crippen LogP contribution in [0.1, 0.15) is 33.6 Å². The molecular formula is C14H27F3N2O. The highest BCUT2D eigenvalue weighted by Gasteiger charge is 2.35. The summed E-state index contributed by atoms with van der Waals surface area (Å²) in [7, 11) is 0. The van der Waals surface area contributed by atoms with Crippen LogP contribution in [-0.4, -0.2) is 56.0 Å². The molecule has 0 radical (unpaired) electrons. The van der Waals surface area contributed by atoms with Gasteiger partial charge in [0.1, 0.15) is 0 Å². The smallest absolute Gasteiger partial charge is 0.381 e. The lowest BCUT2D eigenvalue weighted by molar-refractivity contribution is -0.153. The summed E-state index contributed by atoms with van der Waals surface area (Å²) in [6.45, 7) is 7.43. The molecule has 0 aromatic heterocycles. The Hall–Kier alpha value is -0.330. The van der Waals surface area contributed by atoms with Gasteiger partial charge in [0.05, 0.1) is 13.2 Å². The molecule has 2 atom stereocenters. The topological polar surface area (TPSA) is 24.5 Å². The first kappa shape index (κ1) is 17.7. The average Bonchev–Trinajstić information content (AvgIpc) is 2.35. The summed E-state index contributed by atoms with van der Waals surface area (Å²) in [4.78, 5) is 1.50. The zero-order valence-electron chi connectivity index (χ0n) is 12.7. The fourth-order valence-electron chi connectivity index (χ4n) is 2.56. The maximum atomic E-state index is 12.6. The molecule has 0 bridgehead atoms. The number of halogens is 3. The summed E-state index contributed by atoms with van der Waals surface area (Å²) < 4.78 is 43.3. The molecule has 0 aromatic carbocycles. The summed E-state index contributed by atoms with van der Waals surface area (Å²) in [5.74, 6) is 0.125. The van der Waals surface area contributed by atoms with Crippen LogP contribution >= 0.6 is 0 Å². The van der Waals surface area contributed by atoms with Crippen molar-refractivity contribution in [3.63, 3.8) is 0 Å². The Bertz CT molecular complexity index is 272. The van der Waals surface area contributed by atoms with Gasteiger partial charge < -0.3 is 10.1 Å². The average molecular weight is 296 g/mol. The number of nitrogens with one attached hydrogen (secondary N) is 1. The number of alkyl halides is 3. The van der Waals surface area contributed by atoms with Gasteiger partial charge in [0.15, 0.2) is 0 Å². The summed E-state index contributed by atoms with van der Waals surface area (Å²) >= 11 is 0. The SMILES string of the molecule is CCCNC1CCOCC1CN(CC(F)(F)F)C(C)C.